The Morgan fingerprint density at radius 2 is 2.06 bits per heavy atom. The zero-order valence-electron chi connectivity index (χ0n) is 18.5. The van der Waals surface area contributed by atoms with Crippen LogP contribution in [-0.4, -0.2) is 50.8 Å². The van der Waals surface area contributed by atoms with Gasteiger partial charge >= 0.3 is 6.09 Å². The fourth-order valence-corrected chi connectivity index (χ4v) is 4.24. The first kappa shape index (κ1) is 20.9. The van der Waals surface area contributed by atoms with Crippen LogP contribution >= 0.6 is 0 Å². The highest BCUT2D eigenvalue weighted by Crippen LogP contribution is 2.34. The Labute approximate surface area is 190 Å². The lowest BCUT2D eigenvalue weighted by Gasteiger charge is -2.28. The van der Waals surface area contributed by atoms with Gasteiger partial charge in [-0.3, -0.25) is 0 Å². The number of hydrogen-bond acceptors (Lipinski definition) is 6. The molecule has 1 aliphatic rings. The number of benzene rings is 2. The number of hydrogen-bond donors (Lipinski definition) is 2. The van der Waals surface area contributed by atoms with E-state index in [0.29, 0.717) is 37.4 Å². The van der Waals surface area contributed by atoms with Gasteiger partial charge in [-0.15, -0.1) is 0 Å². The van der Waals surface area contributed by atoms with E-state index in [1.165, 1.54) is 4.90 Å². The summed E-state index contributed by atoms with van der Waals surface area (Å²) in [4.78, 5) is 21.7. The molecule has 2 aromatic heterocycles. The number of fused-ring (bicyclic) bond motifs is 1. The van der Waals surface area contributed by atoms with Crippen molar-refractivity contribution in [2.45, 2.75) is 25.7 Å². The molecule has 0 radical (unpaired) electrons. The number of carboxylic acid groups (broad SMARTS) is 1. The van der Waals surface area contributed by atoms with Crippen LogP contribution in [0.4, 0.5) is 16.2 Å². The Hall–Kier alpha value is -4.01. The van der Waals surface area contributed by atoms with Gasteiger partial charge in [-0.2, -0.15) is 0 Å². The summed E-state index contributed by atoms with van der Waals surface area (Å²) < 4.78 is 13.6. The van der Waals surface area contributed by atoms with Gasteiger partial charge in [0.25, 0.3) is 0 Å². The molecule has 170 valence electrons. The first-order valence-electron chi connectivity index (χ1n) is 10.8. The van der Waals surface area contributed by atoms with Crippen LogP contribution in [0.15, 0.2) is 53.3 Å². The number of amides is 1. The van der Waals surface area contributed by atoms with Crippen LogP contribution in [0.1, 0.15) is 30.3 Å². The Morgan fingerprint density at radius 1 is 1.24 bits per heavy atom. The molecular formula is C24H25N5O4. The van der Waals surface area contributed by atoms with Gasteiger partial charge in [0.15, 0.2) is 11.5 Å². The molecule has 1 fully saturated rings. The number of para-hydroxylation sites is 1. The highest BCUT2D eigenvalue weighted by Gasteiger charge is 2.27. The average molecular weight is 447 g/mol. The summed E-state index contributed by atoms with van der Waals surface area (Å²) in [5.41, 5.74) is 4.98. The van der Waals surface area contributed by atoms with E-state index in [1.807, 2.05) is 54.1 Å². The number of piperidine rings is 1. The van der Waals surface area contributed by atoms with E-state index >= 15 is 0 Å². The molecule has 2 aromatic carbocycles. The van der Waals surface area contributed by atoms with Gasteiger partial charge in [-0.05, 0) is 44.0 Å². The van der Waals surface area contributed by atoms with Crippen molar-refractivity contribution in [3.8, 4) is 11.4 Å². The van der Waals surface area contributed by atoms with Gasteiger partial charge in [0.2, 0.25) is 0 Å². The van der Waals surface area contributed by atoms with Crippen LogP contribution in [0.2, 0.25) is 0 Å². The SMILES string of the molecule is COc1cc(Nc2cccc3oc(C4CCN(C(=O)O)CC4)nc23)ccc1-n1cnc(C)c1. The molecule has 0 bridgehead atoms. The predicted octanol–water partition coefficient (Wildman–Crippen LogP) is 4.93. The molecule has 0 saturated carbocycles. The van der Waals surface area contributed by atoms with Gasteiger partial charge in [-0.1, -0.05) is 6.07 Å². The predicted molar refractivity (Wildman–Crippen MR) is 124 cm³/mol. The molecule has 4 aromatic rings. The number of imidazole rings is 1. The zero-order valence-corrected chi connectivity index (χ0v) is 18.5. The number of oxazole rings is 1. The molecule has 33 heavy (non-hydrogen) atoms. The molecule has 0 unspecified atom stereocenters. The van der Waals surface area contributed by atoms with Gasteiger partial charge in [0.1, 0.15) is 11.3 Å². The monoisotopic (exact) mass is 447 g/mol. The quantitative estimate of drug-likeness (QED) is 0.447. The van der Waals surface area contributed by atoms with Crippen molar-refractivity contribution in [2.24, 2.45) is 0 Å². The molecule has 2 N–H and O–H groups in total. The van der Waals surface area contributed by atoms with Crippen molar-refractivity contribution in [3.63, 3.8) is 0 Å². The minimum absolute atomic E-state index is 0.110. The number of nitrogens with one attached hydrogen (secondary N) is 1. The normalized spacial score (nSPS) is 14.5. The van der Waals surface area contributed by atoms with Crippen LogP contribution < -0.4 is 10.1 Å². The third kappa shape index (κ3) is 4.09. The van der Waals surface area contributed by atoms with E-state index in [-0.39, 0.29) is 5.92 Å². The van der Waals surface area contributed by atoms with Crippen LogP contribution in [0, 0.1) is 6.92 Å². The molecule has 1 aliphatic heterocycles. The fourth-order valence-electron chi connectivity index (χ4n) is 4.24. The number of nitrogens with zero attached hydrogens (tertiary/aromatic N) is 4. The third-order valence-electron chi connectivity index (χ3n) is 6.00. The van der Waals surface area contributed by atoms with Crippen LogP contribution in [-0.2, 0) is 0 Å². The average Bonchev–Trinajstić information content (AvgIpc) is 3.46. The van der Waals surface area contributed by atoms with Crippen LogP contribution in [0.25, 0.3) is 16.8 Å². The topological polar surface area (TPSA) is 106 Å². The van der Waals surface area contributed by atoms with E-state index in [0.717, 1.165) is 34.0 Å². The second kappa shape index (κ2) is 8.50. The minimum atomic E-state index is -0.873. The van der Waals surface area contributed by atoms with E-state index < -0.39 is 6.09 Å². The highest BCUT2D eigenvalue weighted by molar-refractivity contribution is 5.89. The van der Waals surface area contributed by atoms with E-state index in [9.17, 15) is 9.90 Å². The first-order chi connectivity index (χ1) is 16.0. The molecule has 1 saturated heterocycles. The number of aromatic nitrogens is 3. The maximum atomic E-state index is 11.2. The molecule has 1 amide bonds. The van der Waals surface area contributed by atoms with Crippen molar-refractivity contribution in [2.75, 3.05) is 25.5 Å². The number of carbonyl (C=O) groups is 1. The molecule has 9 nitrogen and oxygen atoms in total. The largest absolute Gasteiger partial charge is 0.494 e. The van der Waals surface area contributed by atoms with Gasteiger partial charge in [0.05, 0.1) is 30.5 Å². The number of aryl methyl sites for hydroxylation is 1. The van der Waals surface area contributed by atoms with Crippen molar-refractivity contribution in [1.29, 1.82) is 0 Å². The number of ether oxygens (including phenoxy) is 1. The lowest BCUT2D eigenvalue weighted by Crippen LogP contribution is -2.36. The van der Waals surface area contributed by atoms with Crippen LogP contribution in [0.5, 0.6) is 5.75 Å². The maximum Gasteiger partial charge on any atom is 0.407 e. The van der Waals surface area contributed by atoms with Crippen molar-refractivity contribution >= 4 is 28.6 Å². The summed E-state index contributed by atoms with van der Waals surface area (Å²) >= 11 is 0. The standard InChI is InChI=1S/C24H25N5O4/c1-15-13-29(14-25-15)19-7-6-17(12-21(19)32-2)26-18-4-3-5-20-22(18)27-23(33-20)16-8-10-28(11-9-16)24(30)31/h3-7,12-14,16,26H,8-11H2,1-2H3,(H,30,31). The fraction of sp³-hybridized carbons (Fsp3) is 0.292. The summed E-state index contributed by atoms with van der Waals surface area (Å²) in [6.07, 6.45) is 4.24. The molecule has 5 rings (SSSR count). The lowest BCUT2D eigenvalue weighted by atomic mass is 9.97. The van der Waals surface area contributed by atoms with Crippen molar-refractivity contribution in [3.05, 3.63) is 60.5 Å². The summed E-state index contributed by atoms with van der Waals surface area (Å²) in [5.74, 6) is 1.49. The summed E-state index contributed by atoms with van der Waals surface area (Å²) in [7, 11) is 1.65. The third-order valence-corrected chi connectivity index (χ3v) is 6.00. The first-order valence-corrected chi connectivity index (χ1v) is 10.8. The second-order valence-corrected chi connectivity index (χ2v) is 8.18. The summed E-state index contributed by atoms with van der Waals surface area (Å²) in [5, 5.41) is 12.6. The molecule has 9 heteroatoms. The Balaban J connectivity index is 1.40. The number of methoxy groups -OCH3 is 1. The van der Waals surface area contributed by atoms with Gasteiger partial charge in [0, 0.05) is 37.0 Å². The summed E-state index contributed by atoms with van der Waals surface area (Å²) in [6.45, 7) is 2.93. The van der Waals surface area contributed by atoms with Gasteiger partial charge in [-0.25, -0.2) is 14.8 Å². The molecule has 0 spiro atoms. The Kier molecular flexibility index (Phi) is 5.37. The van der Waals surface area contributed by atoms with E-state index in [2.05, 4.69) is 10.3 Å². The highest BCUT2D eigenvalue weighted by atomic mass is 16.5. The minimum Gasteiger partial charge on any atom is -0.494 e. The molecular weight excluding hydrogens is 422 g/mol. The number of anilines is 2. The van der Waals surface area contributed by atoms with Crippen molar-refractivity contribution in [1.82, 2.24) is 19.4 Å². The summed E-state index contributed by atoms with van der Waals surface area (Å²) in [6, 6.07) is 11.7. The smallest absolute Gasteiger partial charge is 0.407 e. The Bertz CT molecular complexity index is 1300. The van der Waals surface area contributed by atoms with E-state index in [1.54, 1.807) is 13.4 Å². The van der Waals surface area contributed by atoms with Crippen LogP contribution in [0.3, 0.4) is 0 Å². The maximum absolute atomic E-state index is 11.2. The molecule has 0 atom stereocenters. The Morgan fingerprint density at radius 3 is 2.76 bits per heavy atom. The van der Waals surface area contributed by atoms with Gasteiger partial charge < -0.3 is 29.0 Å². The molecule has 3 heterocycles. The van der Waals surface area contributed by atoms with Crippen molar-refractivity contribution < 1.29 is 19.1 Å². The zero-order chi connectivity index (χ0) is 22.9. The molecule has 0 aliphatic carbocycles. The van der Waals surface area contributed by atoms with E-state index in [4.69, 9.17) is 14.1 Å². The lowest BCUT2D eigenvalue weighted by molar-refractivity contribution is 0.129. The second-order valence-electron chi connectivity index (χ2n) is 8.18. The number of likely N-dealkylation sites (tertiary alicyclic amines) is 1. The number of rotatable bonds is 5.